The number of aliphatic hydroxyl groups excluding tert-OH is 2. The Morgan fingerprint density at radius 1 is 1.17 bits per heavy atom. The molecule has 0 spiro atoms. The summed E-state index contributed by atoms with van der Waals surface area (Å²) in [5.41, 5.74) is 0. The number of rotatable bonds is 2. The predicted octanol–water partition coefficient (Wildman–Crippen LogP) is 0.417. The molecule has 1 aliphatic heterocycles. The molecule has 72 valence electrons. The van der Waals surface area contributed by atoms with Crippen LogP contribution in [-0.2, 0) is 0 Å². The van der Waals surface area contributed by atoms with Gasteiger partial charge >= 0.3 is 0 Å². The molecule has 0 saturated carbocycles. The van der Waals surface area contributed by atoms with Crippen LogP contribution in [0, 0.1) is 5.92 Å². The highest BCUT2D eigenvalue weighted by Crippen LogP contribution is 2.21. The van der Waals surface area contributed by atoms with Crippen LogP contribution in [0.4, 0.5) is 0 Å². The van der Waals surface area contributed by atoms with E-state index in [1.54, 1.807) is 6.92 Å². The van der Waals surface area contributed by atoms with Crippen LogP contribution in [0.25, 0.3) is 0 Å². The Morgan fingerprint density at radius 3 is 2.00 bits per heavy atom. The van der Waals surface area contributed by atoms with Crippen molar-refractivity contribution in [3.8, 4) is 0 Å². The minimum Gasteiger partial charge on any atom is -0.393 e. The largest absolute Gasteiger partial charge is 0.393 e. The van der Waals surface area contributed by atoms with E-state index in [0.717, 1.165) is 25.9 Å². The van der Waals surface area contributed by atoms with E-state index < -0.39 is 0 Å². The Kier molecular flexibility index (Phi) is 3.50. The lowest BCUT2D eigenvalue weighted by molar-refractivity contribution is -0.0196. The normalized spacial score (nSPS) is 27.0. The summed E-state index contributed by atoms with van der Waals surface area (Å²) in [5.74, 6) is 0.431. The summed E-state index contributed by atoms with van der Waals surface area (Å²) in [6.45, 7) is 5.46. The van der Waals surface area contributed by atoms with Gasteiger partial charge in [0.05, 0.1) is 6.10 Å². The lowest BCUT2D eigenvalue weighted by Crippen LogP contribution is -2.41. The molecule has 1 heterocycles. The molecular weight excluding hydrogens is 154 g/mol. The van der Waals surface area contributed by atoms with Crippen LogP contribution >= 0.6 is 0 Å². The molecule has 0 radical (unpaired) electrons. The second kappa shape index (κ2) is 4.21. The Morgan fingerprint density at radius 2 is 1.67 bits per heavy atom. The molecule has 1 unspecified atom stereocenters. The second-order valence-corrected chi connectivity index (χ2v) is 3.75. The van der Waals surface area contributed by atoms with Gasteiger partial charge in [0.1, 0.15) is 6.23 Å². The fraction of sp³-hybridized carbons (Fsp3) is 1.00. The van der Waals surface area contributed by atoms with Gasteiger partial charge in [-0.15, -0.1) is 0 Å². The average Bonchev–Trinajstić information content (AvgIpc) is 2.04. The molecule has 0 aromatic heterocycles. The molecule has 1 saturated heterocycles. The van der Waals surface area contributed by atoms with Gasteiger partial charge in [-0.05, 0) is 32.6 Å². The average molecular weight is 173 g/mol. The Labute approximate surface area is 74.0 Å². The fourth-order valence-electron chi connectivity index (χ4n) is 1.78. The highest BCUT2D eigenvalue weighted by atomic mass is 16.3. The lowest BCUT2D eigenvalue weighted by atomic mass is 9.92. The number of nitrogens with zero attached hydrogens (tertiary/aromatic N) is 1. The van der Waals surface area contributed by atoms with Gasteiger partial charge in [-0.1, -0.05) is 0 Å². The van der Waals surface area contributed by atoms with Crippen molar-refractivity contribution >= 4 is 0 Å². The van der Waals surface area contributed by atoms with E-state index >= 15 is 0 Å². The second-order valence-electron chi connectivity index (χ2n) is 3.75. The zero-order valence-corrected chi connectivity index (χ0v) is 7.90. The number of hydrogen-bond acceptors (Lipinski definition) is 3. The highest BCUT2D eigenvalue weighted by Gasteiger charge is 2.24. The monoisotopic (exact) mass is 173 g/mol. The smallest absolute Gasteiger partial charge is 0.104 e. The summed E-state index contributed by atoms with van der Waals surface area (Å²) < 4.78 is 0. The summed E-state index contributed by atoms with van der Waals surface area (Å²) in [5, 5.41) is 18.6. The van der Waals surface area contributed by atoms with Crippen molar-refractivity contribution in [2.75, 3.05) is 13.1 Å². The first-order valence-corrected chi connectivity index (χ1v) is 4.71. The summed E-state index contributed by atoms with van der Waals surface area (Å²) in [4.78, 5) is 2.04. The molecule has 12 heavy (non-hydrogen) atoms. The molecule has 0 amide bonds. The molecule has 1 aliphatic rings. The topological polar surface area (TPSA) is 43.7 Å². The van der Waals surface area contributed by atoms with Gasteiger partial charge in [0, 0.05) is 13.1 Å². The number of likely N-dealkylation sites (tertiary alicyclic amines) is 1. The third-order valence-corrected chi connectivity index (χ3v) is 2.78. The van der Waals surface area contributed by atoms with Crippen LogP contribution in [0.1, 0.15) is 26.7 Å². The first-order chi connectivity index (χ1) is 5.61. The van der Waals surface area contributed by atoms with Crippen LogP contribution < -0.4 is 0 Å². The third kappa shape index (κ3) is 2.44. The SMILES string of the molecule is CC(O)C1CCN([C@H](C)O)CC1. The molecule has 2 atom stereocenters. The molecule has 0 aromatic carbocycles. The van der Waals surface area contributed by atoms with Crippen molar-refractivity contribution in [3.63, 3.8) is 0 Å². The van der Waals surface area contributed by atoms with E-state index in [4.69, 9.17) is 0 Å². The van der Waals surface area contributed by atoms with Crippen LogP contribution in [0.5, 0.6) is 0 Å². The van der Waals surface area contributed by atoms with E-state index in [1.165, 1.54) is 0 Å². The van der Waals surface area contributed by atoms with E-state index in [0.29, 0.717) is 5.92 Å². The van der Waals surface area contributed by atoms with Crippen molar-refractivity contribution in [2.45, 2.75) is 39.0 Å². The quantitative estimate of drug-likeness (QED) is 0.636. The maximum Gasteiger partial charge on any atom is 0.104 e. The van der Waals surface area contributed by atoms with Gasteiger partial charge in [0.2, 0.25) is 0 Å². The first kappa shape index (κ1) is 9.96. The van der Waals surface area contributed by atoms with Crippen LogP contribution in [0.3, 0.4) is 0 Å². The van der Waals surface area contributed by atoms with Gasteiger partial charge in [-0.3, -0.25) is 4.90 Å². The molecule has 0 bridgehead atoms. The standard InChI is InChI=1S/C9H19NO2/c1-7(11)9-3-5-10(6-4-9)8(2)12/h7-9,11-12H,3-6H2,1-2H3/t7?,8-/m0/s1. The van der Waals surface area contributed by atoms with Gasteiger partial charge < -0.3 is 10.2 Å². The minimum atomic E-state index is -0.333. The third-order valence-electron chi connectivity index (χ3n) is 2.78. The van der Waals surface area contributed by atoms with Crippen LogP contribution in [-0.4, -0.2) is 40.5 Å². The van der Waals surface area contributed by atoms with E-state index in [-0.39, 0.29) is 12.3 Å². The zero-order chi connectivity index (χ0) is 9.14. The van der Waals surface area contributed by atoms with Gasteiger partial charge in [0.15, 0.2) is 0 Å². The van der Waals surface area contributed by atoms with Crippen molar-refractivity contribution in [1.29, 1.82) is 0 Å². The van der Waals surface area contributed by atoms with E-state index in [9.17, 15) is 10.2 Å². The Hall–Kier alpha value is -0.120. The Balaban J connectivity index is 2.30. The number of hydrogen-bond donors (Lipinski definition) is 2. The molecule has 2 N–H and O–H groups in total. The fourth-order valence-corrected chi connectivity index (χ4v) is 1.78. The summed E-state index contributed by atoms with van der Waals surface area (Å²) >= 11 is 0. The van der Waals surface area contributed by atoms with Crippen molar-refractivity contribution in [3.05, 3.63) is 0 Å². The van der Waals surface area contributed by atoms with Gasteiger partial charge in [0.25, 0.3) is 0 Å². The Bertz CT molecular complexity index is 112. The van der Waals surface area contributed by atoms with E-state index in [2.05, 4.69) is 0 Å². The molecular formula is C9H19NO2. The summed E-state index contributed by atoms with van der Waals surface area (Å²) in [6, 6.07) is 0. The van der Waals surface area contributed by atoms with Crippen molar-refractivity contribution in [2.24, 2.45) is 5.92 Å². The number of piperidine rings is 1. The molecule has 1 fully saturated rings. The van der Waals surface area contributed by atoms with E-state index in [1.807, 2.05) is 11.8 Å². The van der Waals surface area contributed by atoms with Crippen LogP contribution in [0.15, 0.2) is 0 Å². The maximum atomic E-state index is 9.32. The highest BCUT2D eigenvalue weighted by molar-refractivity contribution is 4.75. The van der Waals surface area contributed by atoms with Crippen LogP contribution in [0.2, 0.25) is 0 Å². The first-order valence-electron chi connectivity index (χ1n) is 4.71. The lowest BCUT2D eigenvalue weighted by Gasteiger charge is -2.34. The minimum absolute atomic E-state index is 0.193. The molecule has 0 aliphatic carbocycles. The van der Waals surface area contributed by atoms with Crippen molar-refractivity contribution < 1.29 is 10.2 Å². The van der Waals surface area contributed by atoms with Crippen molar-refractivity contribution in [1.82, 2.24) is 4.90 Å². The summed E-state index contributed by atoms with van der Waals surface area (Å²) in [6.07, 6.45) is 1.48. The predicted molar refractivity (Wildman–Crippen MR) is 47.7 cm³/mol. The summed E-state index contributed by atoms with van der Waals surface area (Å²) in [7, 11) is 0. The van der Waals surface area contributed by atoms with Gasteiger partial charge in [-0.25, -0.2) is 0 Å². The molecule has 1 rings (SSSR count). The number of aliphatic hydroxyl groups is 2. The molecule has 3 heteroatoms. The molecule has 0 aromatic rings. The zero-order valence-electron chi connectivity index (χ0n) is 7.90. The van der Waals surface area contributed by atoms with Gasteiger partial charge in [-0.2, -0.15) is 0 Å². The molecule has 3 nitrogen and oxygen atoms in total. The maximum absolute atomic E-state index is 9.32.